The molecule has 1 aliphatic carbocycles. The smallest absolute Gasteiger partial charge is 0.0390 e. The van der Waals surface area contributed by atoms with Gasteiger partial charge in [0.05, 0.1) is 0 Å². The summed E-state index contributed by atoms with van der Waals surface area (Å²) in [5, 5.41) is 3.45. The summed E-state index contributed by atoms with van der Waals surface area (Å²) in [6.07, 6.45) is 4.16. The van der Waals surface area contributed by atoms with E-state index >= 15 is 0 Å². The molecule has 1 aliphatic rings. The lowest BCUT2D eigenvalue weighted by molar-refractivity contribution is 0.760. The standard InChI is InChI=1S/C12H18N2/c1-9-11(13)3-2-4-12(9)14-8-7-10-5-6-10/h2-4,10,14H,5-8,13H2,1H3. The van der Waals surface area contributed by atoms with Gasteiger partial charge in [-0.1, -0.05) is 18.9 Å². The van der Waals surface area contributed by atoms with Gasteiger partial charge in [0, 0.05) is 17.9 Å². The van der Waals surface area contributed by atoms with Gasteiger partial charge in [-0.05, 0) is 37.0 Å². The first-order valence-corrected chi connectivity index (χ1v) is 5.36. The van der Waals surface area contributed by atoms with Gasteiger partial charge in [-0.25, -0.2) is 0 Å². The van der Waals surface area contributed by atoms with Gasteiger partial charge in [-0.2, -0.15) is 0 Å². The van der Waals surface area contributed by atoms with E-state index in [4.69, 9.17) is 5.73 Å². The van der Waals surface area contributed by atoms with Crippen LogP contribution in [0.5, 0.6) is 0 Å². The van der Waals surface area contributed by atoms with Crippen molar-refractivity contribution >= 4 is 11.4 Å². The SMILES string of the molecule is Cc1c(N)cccc1NCCC1CC1. The highest BCUT2D eigenvalue weighted by atomic mass is 14.9. The molecule has 1 aromatic carbocycles. The highest BCUT2D eigenvalue weighted by Gasteiger charge is 2.20. The van der Waals surface area contributed by atoms with Crippen LogP contribution in [0.2, 0.25) is 0 Å². The molecular formula is C12H18N2. The van der Waals surface area contributed by atoms with Crippen LogP contribution in [0.3, 0.4) is 0 Å². The van der Waals surface area contributed by atoms with E-state index in [1.807, 2.05) is 12.1 Å². The molecular weight excluding hydrogens is 172 g/mol. The number of nitrogens with one attached hydrogen (secondary N) is 1. The highest BCUT2D eigenvalue weighted by Crippen LogP contribution is 2.32. The fourth-order valence-electron chi connectivity index (χ4n) is 1.66. The molecule has 0 bridgehead atoms. The zero-order valence-corrected chi connectivity index (χ0v) is 8.72. The minimum Gasteiger partial charge on any atom is -0.398 e. The van der Waals surface area contributed by atoms with E-state index in [1.165, 1.54) is 30.5 Å². The van der Waals surface area contributed by atoms with Crippen molar-refractivity contribution in [2.75, 3.05) is 17.6 Å². The molecule has 2 nitrogen and oxygen atoms in total. The molecule has 0 aliphatic heterocycles. The van der Waals surface area contributed by atoms with Crippen molar-refractivity contribution in [2.45, 2.75) is 26.2 Å². The third-order valence-electron chi connectivity index (χ3n) is 2.94. The summed E-state index contributed by atoms with van der Waals surface area (Å²) in [6.45, 7) is 3.14. The second kappa shape index (κ2) is 3.91. The molecule has 14 heavy (non-hydrogen) atoms. The molecule has 1 aromatic rings. The van der Waals surface area contributed by atoms with E-state index in [2.05, 4.69) is 18.3 Å². The fourth-order valence-corrected chi connectivity index (χ4v) is 1.66. The molecule has 0 heterocycles. The first-order valence-electron chi connectivity index (χ1n) is 5.36. The van der Waals surface area contributed by atoms with Crippen molar-refractivity contribution in [1.29, 1.82) is 0 Å². The van der Waals surface area contributed by atoms with Crippen LogP contribution in [0, 0.1) is 12.8 Å². The molecule has 76 valence electrons. The van der Waals surface area contributed by atoms with E-state index in [-0.39, 0.29) is 0 Å². The van der Waals surface area contributed by atoms with Gasteiger partial charge in [-0.15, -0.1) is 0 Å². The Labute approximate surface area is 85.5 Å². The molecule has 0 atom stereocenters. The molecule has 1 fully saturated rings. The molecule has 2 rings (SSSR count). The summed E-state index contributed by atoms with van der Waals surface area (Å²) in [4.78, 5) is 0. The number of benzene rings is 1. The molecule has 1 saturated carbocycles. The summed E-state index contributed by atoms with van der Waals surface area (Å²) >= 11 is 0. The number of anilines is 2. The van der Waals surface area contributed by atoms with E-state index in [1.54, 1.807) is 0 Å². The normalized spacial score (nSPS) is 15.5. The van der Waals surface area contributed by atoms with Crippen LogP contribution in [-0.4, -0.2) is 6.54 Å². The van der Waals surface area contributed by atoms with Crippen LogP contribution in [0.15, 0.2) is 18.2 Å². The maximum absolute atomic E-state index is 5.82. The molecule has 3 N–H and O–H groups in total. The van der Waals surface area contributed by atoms with E-state index in [9.17, 15) is 0 Å². The molecule has 0 amide bonds. The number of hydrogen-bond donors (Lipinski definition) is 2. The Bertz CT molecular complexity index is 316. The van der Waals surface area contributed by atoms with Crippen molar-refractivity contribution in [3.63, 3.8) is 0 Å². The Morgan fingerprint density at radius 3 is 2.93 bits per heavy atom. The number of hydrogen-bond acceptors (Lipinski definition) is 2. The van der Waals surface area contributed by atoms with Crippen molar-refractivity contribution in [3.8, 4) is 0 Å². The van der Waals surface area contributed by atoms with Crippen molar-refractivity contribution in [3.05, 3.63) is 23.8 Å². The Morgan fingerprint density at radius 1 is 1.43 bits per heavy atom. The van der Waals surface area contributed by atoms with Crippen molar-refractivity contribution in [2.24, 2.45) is 5.92 Å². The van der Waals surface area contributed by atoms with E-state index < -0.39 is 0 Å². The lowest BCUT2D eigenvalue weighted by atomic mass is 10.1. The predicted molar refractivity (Wildman–Crippen MR) is 61.4 cm³/mol. The van der Waals surface area contributed by atoms with Crippen LogP contribution in [-0.2, 0) is 0 Å². The van der Waals surface area contributed by atoms with Crippen molar-refractivity contribution < 1.29 is 0 Å². The lowest BCUT2D eigenvalue weighted by Crippen LogP contribution is -2.04. The largest absolute Gasteiger partial charge is 0.398 e. The van der Waals surface area contributed by atoms with Gasteiger partial charge >= 0.3 is 0 Å². The summed E-state index contributed by atoms with van der Waals surface area (Å²) in [5.74, 6) is 0.990. The van der Waals surface area contributed by atoms with E-state index in [0.29, 0.717) is 0 Å². The van der Waals surface area contributed by atoms with Gasteiger partial charge in [0.25, 0.3) is 0 Å². The Morgan fingerprint density at radius 2 is 2.21 bits per heavy atom. The zero-order valence-electron chi connectivity index (χ0n) is 8.72. The van der Waals surface area contributed by atoms with Crippen LogP contribution < -0.4 is 11.1 Å². The third kappa shape index (κ3) is 2.19. The van der Waals surface area contributed by atoms with Gasteiger partial charge in [0.2, 0.25) is 0 Å². The van der Waals surface area contributed by atoms with Gasteiger partial charge < -0.3 is 11.1 Å². The second-order valence-corrected chi connectivity index (χ2v) is 4.18. The maximum atomic E-state index is 5.82. The zero-order chi connectivity index (χ0) is 9.97. The topological polar surface area (TPSA) is 38.0 Å². The number of rotatable bonds is 4. The predicted octanol–water partition coefficient (Wildman–Crippen LogP) is 2.79. The Balaban J connectivity index is 1.90. The average Bonchev–Trinajstić information content (AvgIpc) is 2.96. The average molecular weight is 190 g/mol. The third-order valence-corrected chi connectivity index (χ3v) is 2.94. The Hall–Kier alpha value is -1.18. The monoisotopic (exact) mass is 190 g/mol. The summed E-state index contributed by atoms with van der Waals surface area (Å²) < 4.78 is 0. The molecule has 0 unspecified atom stereocenters. The molecule has 0 spiro atoms. The second-order valence-electron chi connectivity index (χ2n) is 4.18. The number of nitrogen functional groups attached to an aromatic ring is 1. The summed E-state index contributed by atoms with van der Waals surface area (Å²) in [5.41, 5.74) is 9.06. The molecule has 0 aromatic heterocycles. The summed E-state index contributed by atoms with van der Waals surface area (Å²) in [7, 11) is 0. The first-order chi connectivity index (χ1) is 6.77. The lowest BCUT2D eigenvalue weighted by Gasteiger charge is -2.10. The minimum absolute atomic E-state index is 0.876. The van der Waals surface area contributed by atoms with Crippen LogP contribution in [0.1, 0.15) is 24.8 Å². The Kier molecular flexibility index (Phi) is 2.62. The fraction of sp³-hybridized carbons (Fsp3) is 0.500. The molecule has 0 radical (unpaired) electrons. The highest BCUT2D eigenvalue weighted by molar-refractivity contribution is 5.62. The van der Waals surface area contributed by atoms with Crippen LogP contribution in [0.25, 0.3) is 0 Å². The summed E-state index contributed by atoms with van der Waals surface area (Å²) in [6, 6.07) is 6.04. The van der Waals surface area contributed by atoms with Gasteiger partial charge in [-0.3, -0.25) is 0 Å². The minimum atomic E-state index is 0.876. The molecule has 0 saturated heterocycles. The van der Waals surface area contributed by atoms with Crippen LogP contribution >= 0.6 is 0 Å². The van der Waals surface area contributed by atoms with Gasteiger partial charge in [0.1, 0.15) is 0 Å². The quantitative estimate of drug-likeness (QED) is 0.716. The maximum Gasteiger partial charge on any atom is 0.0390 e. The first kappa shape index (κ1) is 9.38. The molecule has 2 heteroatoms. The number of nitrogens with two attached hydrogens (primary N) is 1. The van der Waals surface area contributed by atoms with Gasteiger partial charge in [0.15, 0.2) is 0 Å². The van der Waals surface area contributed by atoms with Crippen molar-refractivity contribution in [1.82, 2.24) is 0 Å². The van der Waals surface area contributed by atoms with Crippen LogP contribution in [0.4, 0.5) is 11.4 Å². The van der Waals surface area contributed by atoms with E-state index in [0.717, 1.165) is 18.2 Å².